The molecule has 1 heterocycles. The Bertz CT molecular complexity index is 821. The van der Waals surface area contributed by atoms with Crippen LogP contribution in [0.4, 0.5) is 0 Å². The molecule has 130 valence electrons. The van der Waals surface area contributed by atoms with Crippen LogP contribution in [0.25, 0.3) is 23.1 Å². The van der Waals surface area contributed by atoms with E-state index in [1.807, 2.05) is 18.2 Å². The van der Waals surface area contributed by atoms with Gasteiger partial charge in [0.25, 0.3) is 0 Å². The van der Waals surface area contributed by atoms with Crippen molar-refractivity contribution in [3.05, 3.63) is 65.4 Å². The maximum absolute atomic E-state index is 5.17. The van der Waals surface area contributed by atoms with E-state index in [1.54, 1.807) is 7.11 Å². The lowest BCUT2D eigenvalue weighted by Gasteiger charge is -2.19. The lowest BCUT2D eigenvalue weighted by Crippen LogP contribution is -2.26. The Morgan fingerprint density at radius 1 is 1.08 bits per heavy atom. The van der Waals surface area contributed by atoms with Crippen molar-refractivity contribution >= 4 is 23.1 Å². The largest absolute Gasteiger partial charge is 0.383 e. The SMILES string of the molecule is CCN(CCOC)Cc1ccc(/C=C/c2n[nH]c3ccccc23)cc1. The van der Waals surface area contributed by atoms with Crippen LogP contribution in [0, 0.1) is 0 Å². The number of nitrogens with one attached hydrogen (secondary N) is 1. The normalized spacial score (nSPS) is 11.8. The molecule has 0 atom stereocenters. The van der Waals surface area contributed by atoms with E-state index in [1.165, 1.54) is 11.1 Å². The molecule has 0 unspecified atom stereocenters. The Hall–Kier alpha value is -2.43. The first-order chi connectivity index (χ1) is 12.3. The van der Waals surface area contributed by atoms with Gasteiger partial charge in [-0.1, -0.05) is 55.5 Å². The molecule has 0 aliphatic carbocycles. The second-order valence-electron chi connectivity index (χ2n) is 6.09. The molecular weight excluding hydrogens is 310 g/mol. The van der Waals surface area contributed by atoms with Gasteiger partial charge in [0.2, 0.25) is 0 Å². The molecule has 3 rings (SSSR count). The summed E-state index contributed by atoms with van der Waals surface area (Å²) >= 11 is 0. The summed E-state index contributed by atoms with van der Waals surface area (Å²) in [5, 5.41) is 8.58. The summed E-state index contributed by atoms with van der Waals surface area (Å²) < 4.78 is 5.17. The second-order valence-corrected chi connectivity index (χ2v) is 6.09. The Morgan fingerprint density at radius 2 is 1.88 bits per heavy atom. The summed E-state index contributed by atoms with van der Waals surface area (Å²) in [7, 11) is 1.75. The van der Waals surface area contributed by atoms with E-state index in [-0.39, 0.29) is 0 Å². The average molecular weight is 335 g/mol. The molecule has 0 saturated carbocycles. The molecular formula is C21H25N3O. The molecule has 1 N–H and O–H groups in total. The first-order valence-electron chi connectivity index (χ1n) is 8.71. The average Bonchev–Trinajstić information content (AvgIpc) is 3.07. The number of H-pyrrole nitrogens is 1. The molecule has 2 aromatic carbocycles. The topological polar surface area (TPSA) is 41.1 Å². The number of fused-ring (bicyclic) bond motifs is 1. The van der Waals surface area contributed by atoms with Crippen molar-refractivity contribution in [2.75, 3.05) is 26.8 Å². The van der Waals surface area contributed by atoms with Crippen LogP contribution in [0.1, 0.15) is 23.7 Å². The van der Waals surface area contributed by atoms with Crippen LogP contribution in [0.15, 0.2) is 48.5 Å². The molecule has 0 radical (unpaired) electrons. The molecule has 4 nitrogen and oxygen atoms in total. The van der Waals surface area contributed by atoms with E-state index in [2.05, 4.69) is 64.5 Å². The van der Waals surface area contributed by atoms with Gasteiger partial charge in [0, 0.05) is 25.6 Å². The van der Waals surface area contributed by atoms with Crippen LogP contribution in [0.3, 0.4) is 0 Å². The minimum absolute atomic E-state index is 0.770. The highest BCUT2D eigenvalue weighted by Gasteiger charge is 2.04. The van der Waals surface area contributed by atoms with Gasteiger partial charge < -0.3 is 4.74 Å². The zero-order valence-electron chi connectivity index (χ0n) is 14.9. The fourth-order valence-electron chi connectivity index (χ4n) is 2.85. The predicted molar refractivity (Wildman–Crippen MR) is 104 cm³/mol. The molecule has 0 aliphatic rings. The molecule has 25 heavy (non-hydrogen) atoms. The van der Waals surface area contributed by atoms with Crippen LogP contribution in [0.5, 0.6) is 0 Å². The van der Waals surface area contributed by atoms with Crippen LogP contribution in [0.2, 0.25) is 0 Å². The molecule has 0 aliphatic heterocycles. The number of benzene rings is 2. The lowest BCUT2D eigenvalue weighted by molar-refractivity contribution is 0.147. The number of aromatic amines is 1. The van der Waals surface area contributed by atoms with Gasteiger partial charge in [-0.2, -0.15) is 5.10 Å². The van der Waals surface area contributed by atoms with Crippen molar-refractivity contribution < 1.29 is 4.74 Å². The number of hydrogen-bond acceptors (Lipinski definition) is 3. The van der Waals surface area contributed by atoms with Gasteiger partial charge >= 0.3 is 0 Å². The maximum atomic E-state index is 5.17. The first kappa shape index (κ1) is 17.4. The van der Waals surface area contributed by atoms with E-state index < -0.39 is 0 Å². The van der Waals surface area contributed by atoms with Crippen molar-refractivity contribution in [2.24, 2.45) is 0 Å². The third-order valence-electron chi connectivity index (χ3n) is 4.38. The van der Waals surface area contributed by atoms with E-state index in [4.69, 9.17) is 4.74 Å². The fraction of sp³-hybridized carbons (Fsp3) is 0.286. The Morgan fingerprint density at radius 3 is 2.64 bits per heavy atom. The summed E-state index contributed by atoms with van der Waals surface area (Å²) in [4.78, 5) is 2.38. The number of likely N-dealkylation sites (N-methyl/N-ethyl adjacent to an activating group) is 1. The third kappa shape index (κ3) is 4.56. The summed E-state index contributed by atoms with van der Waals surface area (Å²) in [6.07, 6.45) is 4.17. The van der Waals surface area contributed by atoms with Crippen LogP contribution in [-0.4, -0.2) is 41.9 Å². The van der Waals surface area contributed by atoms with E-state index in [0.717, 1.165) is 42.8 Å². The molecule has 0 saturated heterocycles. The van der Waals surface area contributed by atoms with Crippen molar-refractivity contribution in [2.45, 2.75) is 13.5 Å². The van der Waals surface area contributed by atoms with E-state index in [0.29, 0.717) is 0 Å². The van der Waals surface area contributed by atoms with Gasteiger partial charge in [-0.05, 0) is 29.8 Å². The zero-order valence-corrected chi connectivity index (χ0v) is 14.9. The van der Waals surface area contributed by atoms with Crippen molar-refractivity contribution in [3.63, 3.8) is 0 Å². The van der Waals surface area contributed by atoms with Crippen LogP contribution >= 0.6 is 0 Å². The highest BCUT2D eigenvalue weighted by Crippen LogP contribution is 2.18. The highest BCUT2D eigenvalue weighted by atomic mass is 16.5. The Balaban J connectivity index is 1.66. The van der Waals surface area contributed by atoms with Crippen molar-refractivity contribution in [1.82, 2.24) is 15.1 Å². The van der Waals surface area contributed by atoms with Gasteiger partial charge in [-0.15, -0.1) is 0 Å². The molecule has 0 spiro atoms. The standard InChI is InChI=1S/C21H25N3O/c1-3-24(14-15-25-2)16-18-10-8-17(9-11-18)12-13-21-19-6-4-5-7-20(19)22-23-21/h4-13H,3,14-16H2,1-2H3,(H,22,23)/b13-12+. The predicted octanol–water partition coefficient (Wildman–Crippen LogP) is 4.20. The number of methoxy groups -OCH3 is 1. The van der Waals surface area contributed by atoms with Gasteiger partial charge in [0.15, 0.2) is 0 Å². The van der Waals surface area contributed by atoms with Crippen LogP contribution in [-0.2, 0) is 11.3 Å². The van der Waals surface area contributed by atoms with E-state index >= 15 is 0 Å². The zero-order chi connectivity index (χ0) is 17.5. The van der Waals surface area contributed by atoms with Gasteiger partial charge in [-0.3, -0.25) is 10.00 Å². The highest BCUT2D eigenvalue weighted by molar-refractivity contribution is 5.89. The van der Waals surface area contributed by atoms with Crippen molar-refractivity contribution in [1.29, 1.82) is 0 Å². The molecule has 0 fully saturated rings. The summed E-state index contributed by atoms with van der Waals surface area (Å²) in [5.74, 6) is 0. The second kappa shape index (κ2) is 8.60. The van der Waals surface area contributed by atoms with Gasteiger partial charge in [0.05, 0.1) is 17.8 Å². The van der Waals surface area contributed by atoms with Gasteiger partial charge in [-0.25, -0.2) is 0 Å². The van der Waals surface area contributed by atoms with Crippen molar-refractivity contribution in [3.8, 4) is 0 Å². The number of para-hydroxylation sites is 1. The minimum Gasteiger partial charge on any atom is -0.383 e. The first-order valence-corrected chi connectivity index (χ1v) is 8.71. The quantitative estimate of drug-likeness (QED) is 0.671. The summed E-state index contributed by atoms with van der Waals surface area (Å²) in [6.45, 7) is 5.89. The number of rotatable bonds is 8. The molecule has 3 aromatic rings. The van der Waals surface area contributed by atoms with E-state index in [9.17, 15) is 0 Å². The summed E-state index contributed by atoms with van der Waals surface area (Å²) in [5.41, 5.74) is 4.53. The monoisotopic (exact) mass is 335 g/mol. The Kier molecular flexibility index (Phi) is 5.99. The number of nitrogens with zero attached hydrogens (tertiary/aromatic N) is 2. The smallest absolute Gasteiger partial charge is 0.0927 e. The molecule has 0 amide bonds. The lowest BCUT2D eigenvalue weighted by atomic mass is 10.1. The van der Waals surface area contributed by atoms with Crippen LogP contribution < -0.4 is 0 Å². The number of aromatic nitrogens is 2. The number of ether oxygens (including phenoxy) is 1. The number of hydrogen-bond donors (Lipinski definition) is 1. The Labute approximate surface area is 149 Å². The fourth-order valence-corrected chi connectivity index (χ4v) is 2.85. The molecule has 1 aromatic heterocycles. The molecule has 0 bridgehead atoms. The third-order valence-corrected chi connectivity index (χ3v) is 4.38. The van der Waals surface area contributed by atoms with Gasteiger partial charge in [0.1, 0.15) is 0 Å². The summed E-state index contributed by atoms with van der Waals surface area (Å²) in [6, 6.07) is 16.9. The molecule has 4 heteroatoms. The minimum atomic E-state index is 0.770. The maximum Gasteiger partial charge on any atom is 0.0927 e.